The van der Waals surface area contributed by atoms with Crippen molar-refractivity contribution in [2.24, 2.45) is 0 Å². The fraction of sp³-hybridized carbons (Fsp3) is 0.500. The van der Waals surface area contributed by atoms with Crippen LogP contribution in [0, 0.1) is 0 Å². The van der Waals surface area contributed by atoms with E-state index in [4.69, 9.17) is 9.47 Å². The summed E-state index contributed by atoms with van der Waals surface area (Å²) in [6.07, 6.45) is 1.79. The standard InChI is InChI=1S/C26H34N4O4/c1-25(2,3)34-23(31)29-14-12-20-21(11-13-27-22(20)29)28-15-16-30(26(4,5)18-28)24(32)33-17-19-9-7-6-8-10-19/h6-11,13H,12,14-18H2,1-5H3. The molecule has 8 nitrogen and oxygen atoms in total. The molecule has 0 atom stereocenters. The Kier molecular flexibility index (Phi) is 6.43. The highest BCUT2D eigenvalue weighted by Gasteiger charge is 2.40. The maximum Gasteiger partial charge on any atom is 0.416 e. The second-order valence-electron chi connectivity index (χ2n) is 10.4. The quantitative estimate of drug-likeness (QED) is 0.657. The van der Waals surface area contributed by atoms with E-state index in [0.717, 1.165) is 23.2 Å². The number of ether oxygens (including phenoxy) is 2. The van der Waals surface area contributed by atoms with Crippen LogP contribution in [0.15, 0.2) is 42.6 Å². The molecule has 0 unspecified atom stereocenters. The summed E-state index contributed by atoms with van der Waals surface area (Å²) < 4.78 is 11.2. The van der Waals surface area contributed by atoms with E-state index >= 15 is 0 Å². The number of hydrogen-bond acceptors (Lipinski definition) is 6. The van der Waals surface area contributed by atoms with Crippen LogP contribution in [0.25, 0.3) is 0 Å². The zero-order valence-corrected chi connectivity index (χ0v) is 20.7. The molecule has 0 bridgehead atoms. The average Bonchev–Trinajstić information content (AvgIpc) is 3.21. The van der Waals surface area contributed by atoms with Gasteiger partial charge in [-0.05, 0) is 52.7 Å². The normalized spacial score (nSPS) is 17.4. The fourth-order valence-corrected chi connectivity index (χ4v) is 4.56. The number of rotatable bonds is 3. The third-order valence-electron chi connectivity index (χ3n) is 6.13. The smallest absolute Gasteiger partial charge is 0.416 e. The molecule has 2 amide bonds. The van der Waals surface area contributed by atoms with Crippen LogP contribution < -0.4 is 9.80 Å². The minimum Gasteiger partial charge on any atom is -0.445 e. The Morgan fingerprint density at radius 3 is 2.44 bits per heavy atom. The molecule has 2 aromatic rings. The predicted molar refractivity (Wildman–Crippen MR) is 131 cm³/mol. The highest BCUT2D eigenvalue weighted by atomic mass is 16.6. The highest BCUT2D eigenvalue weighted by molar-refractivity contribution is 5.90. The van der Waals surface area contributed by atoms with Crippen molar-refractivity contribution in [1.82, 2.24) is 9.88 Å². The van der Waals surface area contributed by atoms with Gasteiger partial charge in [0.1, 0.15) is 18.0 Å². The number of amides is 2. The van der Waals surface area contributed by atoms with Gasteiger partial charge in [0, 0.05) is 43.6 Å². The first kappa shape index (κ1) is 23.9. The van der Waals surface area contributed by atoms with Crippen LogP contribution in [0.2, 0.25) is 0 Å². The molecule has 34 heavy (non-hydrogen) atoms. The molecule has 0 spiro atoms. The number of carbonyl (C=O) groups excluding carboxylic acids is 2. The third-order valence-corrected chi connectivity index (χ3v) is 6.13. The minimum absolute atomic E-state index is 0.258. The topological polar surface area (TPSA) is 75.2 Å². The Morgan fingerprint density at radius 1 is 1.03 bits per heavy atom. The first-order chi connectivity index (χ1) is 16.0. The average molecular weight is 467 g/mol. The van der Waals surface area contributed by atoms with Crippen molar-refractivity contribution in [3.05, 3.63) is 53.7 Å². The molecule has 1 fully saturated rings. The van der Waals surface area contributed by atoms with Gasteiger partial charge in [0.15, 0.2) is 0 Å². The number of aromatic nitrogens is 1. The Bertz CT molecular complexity index is 1050. The van der Waals surface area contributed by atoms with Crippen LogP contribution in [0.1, 0.15) is 45.7 Å². The molecule has 2 aliphatic heterocycles. The lowest BCUT2D eigenvalue weighted by molar-refractivity contribution is 0.0514. The van der Waals surface area contributed by atoms with E-state index in [1.54, 1.807) is 16.0 Å². The van der Waals surface area contributed by atoms with Crippen LogP contribution in [-0.2, 0) is 22.5 Å². The van der Waals surface area contributed by atoms with Crippen LogP contribution in [0.3, 0.4) is 0 Å². The minimum atomic E-state index is -0.563. The van der Waals surface area contributed by atoms with Crippen LogP contribution in [-0.4, -0.2) is 59.4 Å². The number of carbonyl (C=O) groups is 2. The van der Waals surface area contributed by atoms with Crippen molar-refractivity contribution < 1.29 is 19.1 Å². The maximum atomic E-state index is 12.9. The van der Waals surface area contributed by atoms with Crippen molar-refractivity contribution >= 4 is 23.7 Å². The van der Waals surface area contributed by atoms with Gasteiger partial charge < -0.3 is 14.4 Å². The van der Waals surface area contributed by atoms with Crippen LogP contribution in [0.4, 0.5) is 21.1 Å². The van der Waals surface area contributed by atoms with E-state index in [9.17, 15) is 9.59 Å². The Balaban J connectivity index is 1.45. The second kappa shape index (κ2) is 9.16. The molecule has 4 rings (SSSR count). The van der Waals surface area contributed by atoms with Crippen molar-refractivity contribution in [2.75, 3.05) is 36.0 Å². The van der Waals surface area contributed by atoms with Crippen LogP contribution >= 0.6 is 0 Å². The van der Waals surface area contributed by atoms with Crippen molar-refractivity contribution in [3.63, 3.8) is 0 Å². The lowest BCUT2D eigenvalue weighted by atomic mass is 9.98. The first-order valence-corrected chi connectivity index (χ1v) is 11.8. The molecule has 1 aromatic heterocycles. The van der Waals surface area contributed by atoms with Gasteiger partial charge in [-0.3, -0.25) is 9.80 Å². The number of nitrogens with zero attached hydrogens (tertiary/aromatic N) is 4. The number of fused-ring (bicyclic) bond motifs is 1. The second-order valence-corrected chi connectivity index (χ2v) is 10.4. The molecule has 3 heterocycles. The van der Waals surface area contributed by atoms with Crippen molar-refractivity contribution in [3.8, 4) is 0 Å². The third kappa shape index (κ3) is 5.11. The SMILES string of the molecule is CC(C)(C)OC(=O)N1CCc2c(N3CCN(C(=O)OCc4ccccc4)C(C)(C)C3)ccnc21. The summed E-state index contributed by atoms with van der Waals surface area (Å²) in [5, 5.41) is 0. The molecule has 1 saturated heterocycles. The van der Waals surface area contributed by atoms with E-state index in [2.05, 4.69) is 23.7 Å². The summed E-state index contributed by atoms with van der Waals surface area (Å²) in [6.45, 7) is 12.4. The zero-order chi connectivity index (χ0) is 24.5. The Labute approximate surface area is 201 Å². The maximum absolute atomic E-state index is 12.9. The van der Waals surface area contributed by atoms with E-state index in [-0.39, 0.29) is 18.8 Å². The summed E-state index contributed by atoms with van der Waals surface area (Å²) in [5.41, 5.74) is 2.08. The molecule has 0 saturated carbocycles. The predicted octanol–water partition coefficient (Wildman–Crippen LogP) is 4.62. The number of anilines is 2. The van der Waals surface area contributed by atoms with Crippen molar-refractivity contribution in [2.45, 2.75) is 58.8 Å². The summed E-state index contributed by atoms with van der Waals surface area (Å²) >= 11 is 0. The first-order valence-electron chi connectivity index (χ1n) is 11.8. The molecule has 1 aromatic carbocycles. The highest BCUT2D eigenvalue weighted by Crippen LogP contribution is 2.36. The zero-order valence-electron chi connectivity index (χ0n) is 20.7. The number of pyridine rings is 1. The van der Waals surface area contributed by atoms with Gasteiger partial charge in [-0.2, -0.15) is 0 Å². The van der Waals surface area contributed by atoms with Gasteiger partial charge >= 0.3 is 12.2 Å². The van der Waals surface area contributed by atoms with Gasteiger partial charge in [0.05, 0.1) is 5.54 Å². The molecule has 8 heteroatoms. The Morgan fingerprint density at radius 2 is 1.76 bits per heavy atom. The lowest BCUT2D eigenvalue weighted by Crippen LogP contribution is -2.61. The van der Waals surface area contributed by atoms with E-state index in [1.165, 1.54) is 0 Å². The number of piperazine rings is 1. The number of benzene rings is 1. The van der Waals surface area contributed by atoms with Gasteiger partial charge in [-0.25, -0.2) is 14.6 Å². The molecular formula is C26H34N4O4. The monoisotopic (exact) mass is 466 g/mol. The molecule has 0 aliphatic carbocycles. The van der Waals surface area contributed by atoms with E-state index < -0.39 is 11.1 Å². The summed E-state index contributed by atoms with van der Waals surface area (Å²) in [5.74, 6) is 0.661. The lowest BCUT2D eigenvalue weighted by Gasteiger charge is -2.47. The van der Waals surface area contributed by atoms with E-state index in [0.29, 0.717) is 32.0 Å². The van der Waals surface area contributed by atoms with Gasteiger partial charge in [0.25, 0.3) is 0 Å². The van der Waals surface area contributed by atoms with Gasteiger partial charge in [-0.15, -0.1) is 0 Å². The summed E-state index contributed by atoms with van der Waals surface area (Å²) in [7, 11) is 0. The Hall–Kier alpha value is -3.29. The summed E-state index contributed by atoms with van der Waals surface area (Å²) in [6, 6.07) is 11.7. The largest absolute Gasteiger partial charge is 0.445 e. The van der Waals surface area contributed by atoms with Crippen LogP contribution in [0.5, 0.6) is 0 Å². The van der Waals surface area contributed by atoms with Crippen molar-refractivity contribution in [1.29, 1.82) is 0 Å². The van der Waals surface area contributed by atoms with E-state index in [1.807, 2.05) is 57.2 Å². The number of hydrogen-bond donors (Lipinski definition) is 0. The molecule has 2 aliphatic rings. The molecule has 182 valence electrons. The molecule has 0 N–H and O–H groups in total. The molecular weight excluding hydrogens is 432 g/mol. The molecule has 0 radical (unpaired) electrons. The summed E-state index contributed by atoms with van der Waals surface area (Å²) in [4.78, 5) is 35.8. The van der Waals surface area contributed by atoms with Gasteiger partial charge in [0.2, 0.25) is 0 Å². The fourth-order valence-electron chi connectivity index (χ4n) is 4.56. The van der Waals surface area contributed by atoms with Gasteiger partial charge in [-0.1, -0.05) is 30.3 Å².